The molecule has 0 amide bonds. The molecule has 0 aliphatic rings. The standard InChI is InChI=1S/C11H15N3OS/c1-7-4-13-11(15-7)5-12-8(2)10-6-16-9(3)14-10/h4,6,8,12H,5H2,1-3H3. The van der Waals surface area contributed by atoms with Gasteiger partial charge in [0.25, 0.3) is 0 Å². The van der Waals surface area contributed by atoms with E-state index in [-0.39, 0.29) is 6.04 Å². The summed E-state index contributed by atoms with van der Waals surface area (Å²) < 4.78 is 5.38. The summed E-state index contributed by atoms with van der Waals surface area (Å²) in [7, 11) is 0. The first kappa shape index (κ1) is 11.3. The second-order valence-corrected chi connectivity index (χ2v) is 4.82. The van der Waals surface area contributed by atoms with Gasteiger partial charge >= 0.3 is 0 Å². The van der Waals surface area contributed by atoms with Crippen molar-refractivity contribution in [3.63, 3.8) is 0 Å². The van der Waals surface area contributed by atoms with E-state index in [4.69, 9.17) is 4.42 Å². The van der Waals surface area contributed by atoms with E-state index in [0.717, 1.165) is 22.4 Å². The highest BCUT2D eigenvalue weighted by molar-refractivity contribution is 7.09. The van der Waals surface area contributed by atoms with Crippen molar-refractivity contribution in [3.05, 3.63) is 33.9 Å². The molecule has 16 heavy (non-hydrogen) atoms. The number of rotatable bonds is 4. The van der Waals surface area contributed by atoms with Crippen LogP contribution in [0, 0.1) is 13.8 Å². The van der Waals surface area contributed by atoms with Crippen molar-refractivity contribution < 1.29 is 4.42 Å². The fraction of sp³-hybridized carbons (Fsp3) is 0.455. The number of aryl methyl sites for hydroxylation is 2. The van der Waals surface area contributed by atoms with E-state index in [1.165, 1.54) is 0 Å². The molecule has 0 aliphatic carbocycles. The second-order valence-electron chi connectivity index (χ2n) is 3.76. The molecule has 5 heteroatoms. The molecule has 0 fully saturated rings. The SMILES string of the molecule is Cc1cnc(CNC(C)c2csc(C)n2)o1. The Morgan fingerprint density at radius 2 is 2.31 bits per heavy atom. The zero-order chi connectivity index (χ0) is 11.5. The molecule has 4 nitrogen and oxygen atoms in total. The van der Waals surface area contributed by atoms with E-state index in [0.29, 0.717) is 6.54 Å². The summed E-state index contributed by atoms with van der Waals surface area (Å²) in [5.41, 5.74) is 1.07. The van der Waals surface area contributed by atoms with Crippen LogP contribution in [-0.4, -0.2) is 9.97 Å². The van der Waals surface area contributed by atoms with Crippen molar-refractivity contribution in [1.29, 1.82) is 0 Å². The third-order valence-electron chi connectivity index (χ3n) is 2.31. The summed E-state index contributed by atoms with van der Waals surface area (Å²) in [6.07, 6.45) is 1.73. The van der Waals surface area contributed by atoms with Crippen molar-refractivity contribution in [2.45, 2.75) is 33.4 Å². The molecular weight excluding hydrogens is 222 g/mol. The molecule has 2 aromatic heterocycles. The van der Waals surface area contributed by atoms with Gasteiger partial charge in [-0.1, -0.05) is 0 Å². The number of nitrogens with zero attached hydrogens (tertiary/aromatic N) is 2. The molecule has 0 aromatic carbocycles. The minimum Gasteiger partial charge on any atom is -0.445 e. The summed E-state index contributed by atoms with van der Waals surface area (Å²) in [4.78, 5) is 8.57. The number of aromatic nitrogens is 2. The molecule has 1 unspecified atom stereocenters. The predicted molar refractivity (Wildman–Crippen MR) is 63.3 cm³/mol. The molecular formula is C11H15N3OS. The Hall–Kier alpha value is -1.20. The summed E-state index contributed by atoms with van der Waals surface area (Å²) >= 11 is 1.67. The van der Waals surface area contributed by atoms with Crippen LogP contribution in [0.25, 0.3) is 0 Å². The van der Waals surface area contributed by atoms with Gasteiger partial charge in [0, 0.05) is 11.4 Å². The highest BCUT2D eigenvalue weighted by atomic mass is 32.1. The molecule has 0 aliphatic heterocycles. The van der Waals surface area contributed by atoms with Gasteiger partial charge in [-0.15, -0.1) is 11.3 Å². The van der Waals surface area contributed by atoms with Gasteiger partial charge in [0.2, 0.25) is 5.89 Å². The highest BCUT2D eigenvalue weighted by Gasteiger charge is 2.09. The lowest BCUT2D eigenvalue weighted by molar-refractivity contribution is 0.430. The van der Waals surface area contributed by atoms with Crippen molar-refractivity contribution >= 4 is 11.3 Å². The normalized spacial score (nSPS) is 12.9. The Morgan fingerprint density at radius 1 is 1.50 bits per heavy atom. The van der Waals surface area contributed by atoms with Gasteiger partial charge in [-0.25, -0.2) is 9.97 Å². The quantitative estimate of drug-likeness (QED) is 0.888. The number of thiazole rings is 1. The predicted octanol–water partition coefficient (Wildman–Crippen LogP) is 2.60. The number of hydrogen-bond acceptors (Lipinski definition) is 5. The lowest BCUT2D eigenvalue weighted by Crippen LogP contribution is -2.18. The fourth-order valence-electron chi connectivity index (χ4n) is 1.41. The monoisotopic (exact) mass is 237 g/mol. The summed E-state index contributed by atoms with van der Waals surface area (Å²) in [6.45, 7) is 6.62. The van der Waals surface area contributed by atoms with Crippen molar-refractivity contribution in [1.82, 2.24) is 15.3 Å². The van der Waals surface area contributed by atoms with Crippen LogP contribution in [0.4, 0.5) is 0 Å². The van der Waals surface area contributed by atoms with E-state index < -0.39 is 0 Å². The number of nitrogens with one attached hydrogen (secondary N) is 1. The first-order chi connectivity index (χ1) is 7.65. The zero-order valence-electron chi connectivity index (χ0n) is 9.65. The lowest BCUT2D eigenvalue weighted by atomic mass is 10.2. The molecule has 0 radical (unpaired) electrons. The van der Waals surface area contributed by atoms with Crippen LogP contribution >= 0.6 is 11.3 Å². The average molecular weight is 237 g/mol. The second kappa shape index (κ2) is 4.76. The first-order valence-electron chi connectivity index (χ1n) is 5.22. The third-order valence-corrected chi connectivity index (χ3v) is 3.10. The van der Waals surface area contributed by atoms with Crippen LogP contribution in [-0.2, 0) is 6.54 Å². The van der Waals surface area contributed by atoms with E-state index in [9.17, 15) is 0 Å². The smallest absolute Gasteiger partial charge is 0.208 e. The molecule has 86 valence electrons. The maximum absolute atomic E-state index is 5.38. The molecule has 0 bridgehead atoms. The Balaban J connectivity index is 1.91. The summed E-state index contributed by atoms with van der Waals surface area (Å²) in [5.74, 6) is 1.56. The van der Waals surface area contributed by atoms with Crippen LogP contribution in [0.5, 0.6) is 0 Å². The van der Waals surface area contributed by atoms with Crippen molar-refractivity contribution in [2.75, 3.05) is 0 Å². The zero-order valence-corrected chi connectivity index (χ0v) is 10.5. The Bertz CT molecular complexity index is 463. The minimum absolute atomic E-state index is 0.220. The molecule has 1 N–H and O–H groups in total. The summed E-state index contributed by atoms with van der Waals surface area (Å²) in [5, 5.41) is 6.50. The van der Waals surface area contributed by atoms with Crippen LogP contribution < -0.4 is 5.32 Å². The maximum atomic E-state index is 5.38. The summed E-state index contributed by atoms with van der Waals surface area (Å²) in [6, 6.07) is 0.220. The van der Waals surface area contributed by atoms with Gasteiger partial charge in [-0.3, -0.25) is 0 Å². The Kier molecular flexibility index (Phi) is 3.36. The molecule has 0 saturated heterocycles. The van der Waals surface area contributed by atoms with E-state index in [1.807, 2.05) is 13.8 Å². The van der Waals surface area contributed by atoms with Gasteiger partial charge in [-0.2, -0.15) is 0 Å². The van der Waals surface area contributed by atoms with E-state index >= 15 is 0 Å². The van der Waals surface area contributed by atoms with Gasteiger partial charge in [0.05, 0.1) is 23.4 Å². The molecule has 2 rings (SSSR count). The maximum Gasteiger partial charge on any atom is 0.208 e. The van der Waals surface area contributed by atoms with Crippen LogP contribution in [0.2, 0.25) is 0 Å². The molecule has 2 heterocycles. The van der Waals surface area contributed by atoms with Gasteiger partial charge in [0.1, 0.15) is 5.76 Å². The number of hydrogen-bond donors (Lipinski definition) is 1. The van der Waals surface area contributed by atoms with Crippen molar-refractivity contribution in [2.24, 2.45) is 0 Å². The highest BCUT2D eigenvalue weighted by Crippen LogP contribution is 2.16. The average Bonchev–Trinajstić information content (AvgIpc) is 2.84. The van der Waals surface area contributed by atoms with Crippen LogP contribution in [0.1, 0.15) is 35.3 Å². The molecule has 0 spiro atoms. The lowest BCUT2D eigenvalue weighted by Gasteiger charge is -2.09. The Morgan fingerprint density at radius 3 is 2.88 bits per heavy atom. The van der Waals surface area contributed by atoms with E-state index in [2.05, 4.69) is 27.6 Å². The number of oxazole rings is 1. The topological polar surface area (TPSA) is 51.0 Å². The largest absolute Gasteiger partial charge is 0.445 e. The van der Waals surface area contributed by atoms with E-state index in [1.54, 1.807) is 17.5 Å². The van der Waals surface area contributed by atoms with Gasteiger partial charge in [0.15, 0.2) is 0 Å². The van der Waals surface area contributed by atoms with Crippen LogP contribution in [0.15, 0.2) is 16.0 Å². The minimum atomic E-state index is 0.220. The van der Waals surface area contributed by atoms with Crippen LogP contribution in [0.3, 0.4) is 0 Å². The first-order valence-corrected chi connectivity index (χ1v) is 6.10. The third kappa shape index (κ3) is 2.68. The molecule has 1 atom stereocenters. The van der Waals surface area contributed by atoms with Crippen molar-refractivity contribution in [3.8, 4) is 0 Å². The fourth-order valence-corrected chi connectivity index (χ4v) is 2.11. The van der Waals surface area contributed by atoms with Gasteiger partial charge in [-0.05, 0) is 20.8 Å². The molecule has 2 aromatic rings. The Labute approximate surface area is 98.7 Å². The molecule has 0 saturated carbocycles. The van der Waals surface area contributed by atoms with Gasteiger partial charge < -0.3 is 9.73 Å².